The molecule has 1 fully saturated rings. The van der Waals surface area contributed by atoms with E-state index in [2.05, 4.69) is 12.1 Å². The molecular formula is C23H21NO3S2. The Morgan fingerprint density at radius 2 is 2.00 bits per heavy atom. The van der Waals surface area contributed by atoms with Crippen LogP contribution in [0.15, 0.2) is 65.1 Å². The highest BCUT2D eigenvalue weighted by Gasteiger charge is 2.32. The van der Waals surface area contributed by atoms with E-state index < -0.39 is 0 Å². The third kappa shape index (κ3) is 4.09. The number of rotatable bonds is 5. The van der Waals surface area contributed by atoms with Crippen LogP contribution in [0.1, 0.15) is 18.1 Å². The van der Waals surface area contributed by atoms with Crippen molar-refractivity contribution < 1.29 is 14.3 Å². The molecule has 2 heterocycles. The number of hydrogen-bond acceptors (Lipinski definition) is 5. The van der Waals surface area contributed by atoms with E-state index in [-0.39, 0.29) is 12.0 Å². The van der Waals surface area contributed by atoms with Crippen LogP contribution in [0.5, 0.6) is 11.5 Å². The average Bonchev–Trinajstić information content (AvgIpc) is 3.00. The number of amides is 1. The smallest absolute Gasteiger partial charge is 0.266 e. The summed E-state index contributed by atoms with van der Waals surface area (Å²) in [5.74, 6) is 1.40. The van der Waals surface area contributed by atoms with Crippen molar-refractivity contribution >= 4 is 40.3 Å². The fraction of sp³-hybridized carbons (Fsp3) is 0.217. The Morgan fingerprint density at radius 1 is 1.21 bits per heavy atom. The number of thioether (sulfide) groups is 1. The van der Waals surface area contributed by atoms with Crippen LogP contribution < -0.4 is 9.47 Å². The summed E-state index contributed by atoms with van der Waals surface area (Å²) in [4.78, 5) is 15.2. The van der Waals surface area contributed by atoms with Gasteiger partial charge in [-0.05, 0) is 42.7 Å². The van der Waals surface area contributed by atoms with E-state index in [0.717, 1.165) is 23.3 Å². The first-order valence-corrected chi connectivity index (χ1v) is 10.6. The Hall–Kier alpha value is -2.57. The molecule has 2 aliphatic heterocycles. The van der Waals surface area contributed by atoms with Crippen LogP contribution >= 0.6 is 24.0 Å². The molecule has 148 valence electrons. The van der Waals surface area contributed by atoms with Gasteiger partial charge in [-0.3, -0.25) is 9.69 Å². The molecule has 1 atom stereocenters. The molecule has 4 nitrogen and oxygen atoms in total. The SMILES string of the molecule is COc1cccc2c1OC(C)C(/C=C1\SC(=S)N(CCc3ccccc3)C1=O)=C2. The second-order valence-electron chi connectivity index (χ2n) is 6.85. The highest BCUT2D eigenvalue weighted by atomic mass is 32.2. The Bertz CT molecular complexity index is 1010. The number of fused-ring (bicyclic) bond motifs is 1. The van der Waals surface area contributed by atoms with Gasteiger partial charge < -0.3 is 9.47 Å². The van der Waals surface area contributed by atoms with E-state index in [9.17, 15) is 4.79 Å². The second-order valence-corrected chi connectivity index (χ2v) is 8.53. The number of benzene rings is 2. The van der Waals surface area contributed by atoms with Gasteiger partial charge in [0.2, 0.25) is 0 Å². The first kappa shape index (κ1) is 19.7. The fourth-order valence-corrected chi connectivity index (χ4v) is 4.67. The summed E-state index contributed by atoms with van der Waals surface area (Å²) in [6.07, 6.45) is 4.53. The maximum atomic E-state index is 12.9. The Morgan fingerprint density at radius 3 is 2.76 bits per heavy atom. The molecule has 29 heavy (non-hydrogen) atoms. The van der Waals surface area contributed by atoms with E-state index in [1.165, 1.54) is 17.3 Å². The summed E-state index contributed by atoms with van der Waals surface area (Å²) in [5, 5.41) is 0. The molecule has 0 radical (unpaired) electrons. The molecule has 0 N–H and O–H groups in total. The van der Waals surface area contributed by atoms with E-state index in [1.54, 1.807) is 12.0 Å². The van der Waals surface area contributed by atoms with Gasteiger partial charge in [0.15, 0.2) is 11.5 Å². The molecule has 0 spiro atoms. The minimum atomic E-state index is -0.188. The summed E-state index contributed by atoms with van der Waals surface area (Å²) in [6.45, 7) is 2.55. The van der Waals surface area contributed by atoms with Crippen molar-refractivity contribution in [3.8, 4) is 11.5 Å². The number of carbonyl (C=O) groups excluding carboxylic acids is 1. The van der Waals surface area contributed by atoms with E-state index in [4.69, 9.17) is 21.7 Å². The van der Waals surface area contributed by atoms with E-state index in [1.807, 2.05) is 55.5 Å². The molecule has 1 amide bonds. The standard InChI is InChI=1S/C23H21NO3S2/c1-15-18(13-17-9-6-10-19(26-2)21(17)27-15)14-20-22(25)24(23(28)29-20)12-11-16-7-4-3-5-8-16/h3-10,13-15H,11-12H2,1-2H3/b20-14-. The van der Waals surface area contributed by atoms with Gasteiger partial charge in [0, 0.05) is 12.1 Å². The molecule has 0 saturated carbocycles. The third-order valence-electron chi connectivity index (χ3n) is 4.95. The maximum absolute atomic E-state index is 12.9. The van der Waals surface area contributed by atoms with Crippen molar-refractivity contribution in [2.75, 3.05) is 13.7 Å². The lowest BCUT2D eigenvalue weighted by Crippen LogP contribution is -2.30. The van der Waals surface area contributed by atoms with Gasteiger partial charge in [-0.15, -0.1) is 0 Å². The quantitative estimate of drug-likeness (QED) is 0.508. The Balaban J connectivity index is 1.54. The minimum Gasteiger partial charge on any atom is -0.493 e. The van der Waals surface area contributed by atoms with Gasteiger partial charge in [0.05, 0.1) is 12.0 Å². The largest absolute Gasteiger partial charge is 0.493 e. The second kappa shape index (κ2) is 8.43. The molecule has 2 aromatic carbocycles. The van der Waals surface area contributed by atoms with Crippen LogP contribution in [0.4, 0.5) is 0 Å². The van der Waals surface area contributed by atoms with Gasteiger partial charge in [-0.2, -0.15) is 0 Å². The monoisotopic (exact) mass is 423 g/mol. The van der Waals surface area contributed by atoms with Crippen molar-refractivity contribution in [2.45, 2.75) is 19.4 Å². The molecule has 0 bridgehead atoms. The molecule has 2 aromatic rings. The summed E-state index contributed by atoms with van der Waals surface area (Å²) in [7, 11) is 1.63. The number of carbonyl (C=O) groups is 1. The molecule has 4 rings (SSSR count). The predicted molar refractivity (Wildman–Crippen MR) is 121 cm³/mol. The molecule has 1 saturated heterocycles. The van der Waals surface area contributed by atoms with Crippen molar-refractivity contribution in [3.63, 3.8) is 0 Å². The predicted octanol–water partition coefficient (Wildman–Crippen LogP) is 4.85. The minimum absolute atomic E-state index is 0.0412. The molecule has 0 aromatic heterocycles. The first-order valence-electron chi connectivity index (χ1n) is 9.41. The van der Waals surface area contributed by atoms with Crippen LogP contribution in [-0.2, 0) is 11.2 Å². The van der Waals surface area contributed by atoms with Gasteiger partial charge in [0.1, 0.15) is 10.4 Å². The zero-order chi connectivity index (χ0) is 20.4. The zero-order valence-electron chi connectivity index (χ0n) is 16.3. The van der Waals surface area contributed by atoms with E-state index >= 15 is 0 Å². The van der Waals surface area contributed by atoms with Gasteiger partial charge in [-0.1, -0.05) is 66.4 Å². The van der Waals surface area contributed by atoms with Gasteiger partial charge in [0.25, 0.3) is 5.91 Å². The highest BCUT2D eigenvalue weighted by Crippen LogP contribution is 2.39. The third-order valence-corrected chi connectivity index (χ3v) is 6.33. The normalized spacial score (nSPS) is 19.8. The number of para-hydroxylation sites is 1. The zero-order valence-corrected chi connectivity index (χ0v) is 17.9. The Kier molecular flexibility index (Phi) is 5.74. The van der Waals surface area contributed by atoms with Gasteiger partial charge in [-0.25, -0.2) is 0 Å². The highest BCUT2D eigenvalue weighted by molar-refractivity contribution is 8.26. The molecular weight excluding hydrogens is 402 g/mol. The van der Waals surface area contributed by atoms with Crippen molar-refractivity contribution in [1.82, 2.24) is 4.90 Å². The summed E-state index contributed by atoms with van der Waals surface area (Å²) >= 11 is 6.81. The average molecular weight is 424 g/mol. The van der Waals surface area contributed by atoms with Crippen molar-refractivity contribution in [1.29, 1.82) is 0 Å². The fourth-order valence-electron chi connectivity index (χ4n) is 3.36. The topological polar surface area (TPSA) is 38.8 Å². The number of hydrogen-bond donors (Lipinski definition) is 0. The lowest BCUT2D eigenvalue weighted by Gasteiger charge is -2.24. The molecule has 2 aliphatic rings. The van der Waals surface area contributed by atoms with Crippen LogP contribution in [-0.4, -0.2) is 34.9 Å². The van der Waals surface area contributed by atoms with Crippen LogP contribution in [0.25, 0.3) is 6.08 Å². The number of methoxy groups -OCH3 is 1. The number of ether oxygens (including phenoxy) is 2. The van der Waals surface area contributed by atoms with Crippen molar-refractivity contribution in [2.24, 2.45) is 0 Å². The van der Waals surface area contributed by atoms with Crippen LogP contribution in [0, 0.1) is 0 Å². The summed E-state index contributed by atoms with van der Waals surface area (Å²) in [5.41, 5.74) is 3.07. The summed E-state index contributed by atoms with van der Waals surface area (Å²) < 4.78 is 12.1. The van der Waals surface area contributed by atoms with Crippen LogP contribution in [0.3, 0.4) is 0 Å². The molecule has 1 unspecified atom stereocenters. The Labute approximate surface area is 180 Å². The maximum Gasteiger partial charge on any atom is 0.266 e. The lowest BCUT2D eigenvalue weighted by atomic mass is 10.0. The number of nitrogens with zero attached hydrogens (tertiary/aromatic N) is 1. The lowest BCUT2D eigenvalue weighted by molar-refractivity contribution is -0.122. The van der Waals surface area contributed by atoms with Gasteiger partial charge >= 0.3 is 0 Å². The van der Waals surface area contributed by atoms with Crippen LogP contribution in [0.2, 0.25) is 0 Å². The van der Waals surface area contributed by atoms with E-state index in [0.29, 0.717) is 21.5 Å². The summed E-state index contributed by atoms with van der Waals surface area (Å²) in [6, 6.07) is 15.9. The van der Waals surface area contributed by atoms with Crippen molar-refractivity contribution in [3.05, 3.63) is 76.2 Å². The molecule has 6 heteroatoms. The first-order chi connectivity index (χ1) is 14.1. The number of thiocarbonyl (C=S) groups is 1. The molecule has 0 aliphatic carbocycles.